The van der Waals surface area contributed by atoms with E-state index in [1.54, 1.807) is 0 Å². The fraction of sp³-hybridized carbons (Fsp3) is 0.435. The van der Waals surface area contributed by atoms with Gasteiger partial charge in [-0.25, -0.2) is 4.79 Å². The number of amides is 1. The van der Waals surface area contributed by atoms with Crippen LogP contribution in [0.5, 0.6) is 5.75 Å². The van der Waals surface area contributed by atoms with Crippen LogP contribution in [0.3, 0.4) is 0 Å². The number of fused-ring (bicyclic) bond motifs is 1. The zero-order chi connectivity index (χ0) is 23.4. The molecule has 3 rings (SSSR count). The Morgan fingerprint density at radius 3 is 2.47 bits per heavy atom. The highest BCUT2D eigenvalue weighted by atomic mass is 35.5. The number of esters is 2. The summed E-state index contributed by atoms with van der Waals surface area (Å²) in [4.78, 5) is 38.0. The highest BCUT2D eigenvalue weighted by molar-refractivity contribution is 7.17. The van der Waals surface area contributed by atoms with Gasteiger partial charge in [0.1, 0.15) is 10.8 Å². The number of carbonyl (C=O) groups excluding carboxylic acids is 3. The predicted octanol–water partition coefficient (Wildman–Crippen LogP) is 4.81. The monoisotopic (exact) mass is 479 g/mol. The Bertz CT molecular complexity index is 1020. The van der Waals surface area contributed by atoms with Gasteiger partial charge in [-0.1, -0.05) is 11.6 Å². The molecule has 1 aromatic heterocycles. The number of hydrogen-bond acceptors (Lipinski definition) is 7. The number of halogens is 1. The minimum absolute atomic E-state index is 0.217. The van der Waals surface area contributed by atoms with Crippen molar-refractivity contribution in [3.63, 3.8) is 0 Å². The van der Waals surface area contributed by atoms with E-state index in [0.717, 1.165) is 21.0 Å². The van der Waals surface area contributed by atoms with E-state index >= 15 is 0 Å². The van der Waals surface area contributed by atoms with Crippen molar-refractivity contribution in [3.8, 4) is 5.75 Å². The second-order valence-electron chi connectivity index (χ2n) is 7.62. The van der Waals surface area contributed by atoms with Gasteiger partial charge in [0.2, 0.25) is 5.91 Å². The van der Waals surface area contributed by atoms with Crippen molar-refractivity contribution >= 4 is 45.8 Å². The first-order valence-electron chi connectivity index (χ1n) is 10.3. The topological polar surface area (TPSA) is 90.9 Å². The number of ether oxygens (including phenoxy) is 3. The minimum atomic E-state index is -0.578. The van der Waals surface area contributed by atoms with Gasteiger partial charge in [0.05, 0.1) is 32.3 Å². The van der Waals surface area contributed by atoms with E-state index in [9.17, 15) is 14.4 Å². The fourth-order valence-corrected chi connectivity index (χ4v) is 5.23. The third-order valence-corrected chi connectivity index (χ3v) is 7.16. The van der Waals surface area contributed by atoms with Gasteiger partial charge in [-0.05, 0) is 61.9 Å². The molecule has 0 aliphatic heterocycles. The molecule has 32 heavy (non-hydrogen) atoms. The van der Waals surface area contributed by atoms with Gasteiger partial charge >= 0.3 is 11.9 Å². The Labute approximate surface area is 196 Å². The molecule has 7 nitrogen and oxygen atoms in total. The molecule has 1 heterocycles. The first-order chi connectivity index (χ1) is 15.3. The molecule has 0 bridgehead atoms. The van der Waals surface area contributed by atoms with Gasteiger partial charge in [0.15, 0.2) is 0 Å². The fourth-order valence-electron chi connectivity index (χ4n) is 3.84. The molecule has 1 atom stereocenters. The summed E-state index contributed by atoms with van der Waals surface area (Å²) in [6.07, 6.45) is 1.94. The van der Waals surface area contributed by atoms with Crippen LogP contribution in [-0.4, -0.2) is 38.7 Å². The molecule has 9 heteroatoms. The summed E-state index contributed by atoms with van der Waals surface area (Å²) in [6.45, 7) is 4.19. The molecule has 2 aromatic rings. The van der Waals surface area contributed by atoms with Crippen LogP contribution in [0, 0.1) is 13.8 Å². The number of rotatable bonds is 8. The smallest absolute Gasteiger partial charge is 0.341 e. The lowest BCUT2D eigenvalue weighted by molar-refractivity contribution is -0.142. The third kappa shape index (κ3) is 5.07. The normalized spacial score (nSPS) is 14.6. The van der Waals surface area contributed by atoms with Crippen LogP contribution < -0.4 is 10.1 Å². The molecule has 172 valence electrons. The summed E-state index contributed by atoms with van der Waals surface area (Å²) in [5.41, 5.74) is 2.73. The van der Waals surface area contributed by atoms with E-state index in [4.69, 9.17) is 25.8 Å². The first kappa shape index (κ1) is 24.1. The number of nitrogens with one attached hydrogen (secondary N) is 1. The van der Waals surface area contributed by atoms with Gasteiger partial charge < -0.3 is 19.5 Å². The zero-order valence-corrected chi connectivity index (χ0v) is 20.1. The highest BCUT2D eigenvalue weighted by Crippen LogP contribution is 2.46. The maximum atomic E-state index is 12.5. The summed E-state index contributed by atoms with van der Waals surface area (Å²) in [5.74, 6) is -1.02. The Balaban J connectivity index is 1.63. The highest BCUT2D eigenvalue weighted by Gasteiger charge is 2.38. The molecule has 1 amide bonds. The van der Waals surface area contributed by atoms with Crippen molar-refractivity contribution in [2.24, 2.45) is 0 Å². The van der Waals surface area contributed by atoms with Crippen LogP contribution in [0.4, 0.5) is 5.00 Å². The average Bonchev–Trinajstić information content (AvgIpc) is 3.32. The van der Waals surface area contributed by atoms with E-state index in [1.807, 2.05) is 26.0 Å². The second-order valence-corrected chi connectivity index (χ2v) is 9.10. The molecule has 0 radical (unpaired) electrons. The number of thiophene rings is 1. The summed E-state index contributed by atoms with van der Waals surface area (Å²) in [5, 5.41) is 3.94. The molecule has 1 unspecified atom stereocenters. The van der Waals surface area contributed by atoms with Crippen molar-refractivity contribution < 1.29 is 28.6 Å². The van der Waals surface area contributed by atoms with E-state index in [-0.39, 0.29) is 17.9 Å². The largest absolute Gasteiger partial charge is 0.494 e. The lowest BCUT2D eigenvalue weighted by Gasteiger charge is -2.12. The first-order valence-corrected chi connectivity index (χ1v) is 11.5. The van der Waals surface area contributed by atoms with Crippen LogP contribution >= 0.6 is 22.9 Å². The third-order valence-electron chi connectivity index (χ3n) is 5.39. The summed E-state index contributed by atoms with van der Waals surface area (Å²) in [6, 6.07) is 3.73. The second kappa shape index (κ2) is 10.4. The molecular formula is C23H26ClNO6S. The van der Waals surface area contributed by atoms with E-state index in [1.165, 1.54) is 25.6 Å². The van der Waals surface area contributed by atoms with Crippen LogP contribution in [0.2, 0.25) is 5.02 Å². The van der Waals surface area contributed by atoms with Crippen LogP contribution in [0.25, 0.3) is 0 Å². The molecule has 1 N–H and O–H groups in total. The van der Waals surface area contributed by atoms with Crippen molar-refractivity contribution in [1.82, 2.24) is 0 Å². The van der Waals surface area contributed by atoms with Gasteiger partial charge in [0, 0.05) is 16.3 Å². The molecule has 1 aliphatic rings. The van der Waals surface area contributed by atoms with Crippen molar-refractivity contribution in [2.75, 3.05) is 26.1 Å². The van der Waals surface area contributed by atoms with Gasteiger partial charge in [-0.3, -0.25) is 9.59 Å². The van der Waals surface area contributed by atoms with Crippen molar-refractivity contribution in [2.45, 2.75) is 45.4 Å². The van der Waals surface area contributed by atoms with E-state index in [0.29, 0.717) is 42.2 Å². The molecule has 1 aromatic carbocycles. The average molecular weight is 480 g/mol. The Morgan fingerprint density at radius 1 is 1.16 bits per heavy atom. The van der Waals surface area contributed by atoms with Gasteiger partial charge in [0.25, 0.3) is 0 Å². The minimum Gasteiger partial charge on any atom is -0.494 e. The van der Waals surface area contributed by atoms with Crippen LogP contribution in [0.1, 0.15) is 57.1 Å². The molecule has 1 aliphatic carbocycles. The number of hydrogen-bond donors (Lipinski definition) is 1. The quantitative estimate of drug-likeness (QED) is 0.431. The molecule has 0 saturated carbocycles. The van der Waals surface area contributed by atoms with E-state index in [2.05, 4.69) is 5.32 Å². The number of carbonyl (C=O) groups is 3. The lowest BCUT2D eigenvalue weighted by atomic mass is 9.99. The van der Waals surface area contributed by atoms with Crippen molar-refractivity contribution in [1.29, 1.82) is 0 Å². The molecule has 0 saturated heterocycles. The molecule has 0 fully saturated rings. The zero-order valence-electron chi connectivity index (χ0n) is 18.5. The maximum absolute atomic E-state index is 12.5. The van der Waals surface area contributed by atoms with Gasteiger partial charge in [-0.15, -0.1) is 11.3 Å². The lowest BCUT2D eigenvalue weighted by Crippen LogP contribution is -2.18. The Morgan fingerprint density at radius 2 is 1.84 bits per heavy atom. The van der Waals surface area contributed by atoms with Gasteiger partial charge in [-0.2, -0.15) is 0 Å². The molecule has 0 spiro atoms. The van der Waals surface area contributed by atoms with Crippen molar-refractivity contribution in [3.05, 3.63) is 44.3 Å². The number of benzene rings is 1. The van der Waals surface area contributed by atoms with Crippen LogP contribution in [-0.2, 0) is 25.5 Å². The predicted molar refractivity (Wildman–Crippen MR) is 123 cm³/mol. The number of methoxy groups -OCH3 is 2. The maximum Gasteiger partial charge on any atom is 0.341 e. The number of aryl methyl sites for hydroxylation is 3. The molecular weight excluding hydrogens is 454 g/mol. The summed E-state index contributed by atoms with van der Waals surface area (Å²) < 4.78 is 15.5. The number of anilines is 1. The van der Waals surface area contributed by atoms with E-state index < -0.39 is 17.9 Å². The standard InChI is InChI=1S/C23H26ClNO6S/c1-12-10-14(11-13(2)20(12)24)31-9-5-6-17(26)25-21-19(23(28)30-4)18-15(22(27)29-3)7-8-16(18)32-21/h10-11,15H,5-9H2,1-4H3,(H,25,26). The Kier molecular flexibility index (Phi) is 7.79. The SMILES string of the molecule is COC(=O)c1c(NC(=O)CCCOc2cc(C)c(Cl)c(C)c2)sc2c1C(C(=O)OC)CC2. The Hall–Kier alpha value is -2.58. The van der Waals surface area contributed by atoms with Crippen LogP contribution in [0.15, 0.2) is 12.1 Å². The summed E-state index contributed by atoms with van der Waals surface area (Å²) in [7, 11) is 2.60. The summed E-state index contributed by atoms with van der Waals surface area (Å²) >= 11 is 7.48.